The molecule has 5 nitrogen and oxygen atoms in total. The zero-order valence-electron chi connectivity index (χ0n) is 15.8. The fourth-order valence-electron chi connectivity index (χ4n) is 2.94. The lowest BCUT2D eigenvalue weighted by Gasteiger charge is -2.18. The maximum absolute atomic E-state index is 12.8. The van der Waals surface area contributed by atoms with Gasteiger partial charge >= 0.3 is 0 Å². The van der Waals surface area contributed by atoms with E-state index in [1.54, 1.807) is 11.6 Å². The Labute approximate surface area is 151 Å². The van der Waals surface area contributed by atoms with E-state index in [1.807, 2.05) is 26.0 Å². The molecule has 0 amide bonds. The number of hydrogen-bond acceptors (Lipinski definition) is 3. The summed E-state index contributed by atoms with van der Waals surface area (Å²) in [6.45, 7) is 10.7. The molecule has 0 aliphatic heterocycles. The lowest BCUT2D eigenvalue weighted by atomic mass is 9.96. The van der Waals surface area contributed by atoms with Gasteiger partial charge in [0.05, 0.1) is 11.9 Å². The predicted molar refractivity (Wildman–Crippen MR) is 101 cm³/mol. The van der Waals surface area contributed by atoms with Crippen molar-refractivity contribution in [3.05, 3.63) is 47.3 Å². The first kappa shape index (κ1) is 19.7. The van der Waals surface area contributed by atoms with Crippen molar-refractivity contribution in [1.82, 2.24) is 14.5 Å². The Balaban J connectivity index is 2.24. The molecule has 0 aliphatic rings. The number of hydrogen-bond donors (Lipinski definition) is 1. The molecule has 0 fully saturated rings. The Morgan fingerprint density at radius 1 is 1.08 bits per heavy atom. The Morgan fingerprint density at radius 3 is 2.16 bits per heavy atom. The Kier molecular flexibility index (Phi) is 6.41. The van der Waals surface area contributed by atoms with Crippen LogP contribution in [0.15, 0.2) is 35.4 Å². The molecule has 0 unspecified atom stereocenters. The van der Waals surface area contributed by atoms with Crippen molar-refractivity contribution in [2.45, 2.75) is 70.9 Å². The fraction of sp³-hybridized carbons (Fsp3) is 0.526. The topological polar surface area (TPSA) is 64.0 Å². The highest BCUT2D eigenvalue weighted by atomic mass is 32.2. The zero-order chi connectivity index (χ0) is 18.6. The highest BCUT2D eigenvalue weighted by Crippen LogP contribution is 2.25. The summed E-state index contributed by atoms with van der Waals surface area (Å²) in [5.74, 6) is 0.508. The second-order valence-corrected chi connectivity index (χ2v) is 8.15. The number of nitrogens with zero attached hydrogens (tertiary/aromatic N) is 2. The van der Waals surface area contributed by atoms with Crippen LogP contribution in [-0.4, -0.2) is 18.2 Å². The van der Waals surface area contributed by atoms with Crippen LogP contribution < -0.4 is 4.72 Å². The van der Waals surface area contributed by atoms with Gasteiger partial charge in [-0.3, -0.25) is 4.68 Å². The normalized spacial score (nSPS) is 14.4. The average Bonchev–Trinajstić information content (AvgIpc) is 3.00. The van der Waals surface area contributed by atoms with E-state index in [0.29, 0.717) is 24.6 Å². The fourth-order valence-corrected chi connectivity index (χ4v) is 4.43. The minimum absolute atomic E-state index is 0.250. The Morgan fingerprint density at radius 2 is 1.68 bits per heavy atom. The molecule has 0 saturated heterocycles. The van der Waals surface area contributed by atoms with Crippen molar-refractivity contribution in [2.75, 3.05) is 0 Å². The Hall–Kier alpha value is -1.66. The number of sulfonamides is 1. The van der Waals surface area contributed by atoms with Crippen LogP contribution in [0.25, 0.3) is 0 Å². The van der Waals surface area contributed by atoms with Gasteiger partial charge in [-0.2, -0.15) is 5.10 Å². The Bertz CT molecular complexity index is 795. The van der Waals surface area contributed by atoms with Gasteiger partial charge in [0.2, 0.25) is 10.0 Å². The average molecular weight is 364 g/mol. The number of benzene rings is 1. The van der Waals surface area contributed by atoms with Crippen molar-refractivity contribution >= 4 is 10.0 Å². The van der Waals surface area contributed by atoms with Crippen LogP contribution in [0.1, 0.15) is 69.3 Å². The summed E-state index contributed by atoms with van der Waals surface area (Å²) < 4.78 is 30.1. The number of aromatic nitrogens is 2. The lowest BCUT2D eigenvalue weighted by molar-refractivity contribution is 0.548. The molecule has 2 atom stereocenters. The van der Waals surface area contributed by atoms with Gasteiger partial charge in [-0.1, -0.05) is 45.0 Å². The standard InChI is InChI=1S/C19H29N3O2S/c1-6-14(4)16-9-11-17(12-10-16)18(7-2)21-25(23,24)19-13-20-22(8-3)15(19)5/h9-14,18,21H,6-8H2,1-5H3/t14-,18+/m1/s1. The molecule has 0 aliphatic carbocycles. The monoisotopic (exact) mass is 363 g/mol. The molecule has 2 aromatic rings. The third-order valence-electron chi connectivity index (χ3n) is 4.87. The van der Waals surface area contributed by atoms with Gasteiger partial charge in [0.1, 0.15) is 4.90 Å². The third kappa shape index (κ3) is 4.30. The van der Waals surface area contributed by atoms with E-state index in [0.717, 1.165) is 12.0 Å². The summed E-state index contributed by atoms with van der Waals surface area (Å²) in [6, 6.07) is 8.00. The number of rotatable bonds is 8. The van der Waals surface area contributed by atoms with Crippen LogP contribution in [0.3, 0.4) is 0 Å². The maximum atomic E-state index is 12.8. The van der Waals surface area contributed by atoms with E-state index >= 15 is 0 Å². The number of aryl methyl sites for hydroxylation is 1. The molecule has 1 N–H and O–H groups in total. The first-order valence-corrected chi connectivity index (χ1v) is 10.5. The summed E-state index contributed by atoms with van der Waals surface area (Å²) in [6.07, 6.45) is 3.20. The molecule has 138 valence electrons. The number of nitrogens with one attached hydrogen (secondary N) is 1. The highest BCUT2D eigenvalue weighted by Gasteiger charge is 2.24. The SMILES string of the molecule is CC[C@@H](C)c1ccc([C@H](CC)NS(=O)(=O)c2cnn(CC)c2C)cc1. The lowest BCUT2D eigenvalue weighted by Crippen LogP contribution is -2.28. The second-order valence-electron chi connectivity index (χ2n) is 6.47. The van der Waals surface area contributed by atoms with Crippen molar-refractivity contribution in [3.8, 4) is 0 Å². The second kappa shape index (κ2) is 8.15. The smallest absolute Gasteiger partial charge is 0.244 e. The maximum Gasteiger partial charge on any atom is 0.244 e. The largest absolute Gasteiger partial charge is 0.269 e. The zero-order valence-corrected chi connectivity index (χ0v) is 16.6. The van der Waals surface area contributed by atoms with Gasteiger partial charge in [0, 0.05) is 12.6 Å². The van der Waals surface area contributed by atoms with Gasteiger partial charge in [-0.15, -0.1) is 0 Å². The first-order valence-electron chi connectivity index (χ1n) is 8.98. The van der Waals surface area contributed by atoms with Crippen LogP contribution >= 0.6 is 0 Å². The molecule has 0 spiro atoms. The van der Waals surface area contributed by atoms with E-state index in [1.165, 1.54) is 11.8 Å². The summed E-state index contributed by atoms with van der Waals surface area (Å²) >= 11 is 0. The van der Waals surface area contributed by atoms with Crippen LogP contribution in [0.2, 0.25) is 0 Å². The summed E-state index contributed by atoms with van der Waals surface area (Å²) in [7, 11) is -3.60. The van der Waals surface area contributed by atoms with Gasteiger partial charge in [-0.05, 0) is 43.7 Å². The molecule has 1 heterocycles. The summed E-state index contributed by atoms with van der Waals surface area (Å²) in [5, 5.41) is 4.14. The molecule has 0 bridgehead atoms. The van der Waals surface area contributed by atoms with E-state index in [9.17, 15) is 8.42 Å². The minimum Gasteiger partial charge on any atom is -0.269 e. The van der Waals surface area contributed by atoms with Crippen molar-refractivity contribution < 1.29 is 8.42 Å². The van der Waals surface area contributed by atoms with Crippen molar-refractivity contribution in [2.24, 2.45) is 0 Å². The summed E-state index contributed by atoms with van der Waals surface area (Å²) in [5.41, 5.74) is 2.93. The molecule has 2 rings (SSSR count). The van der Waals surface area contributed by atoms with E-state index in [2.05, 4.69) is 35.8 Å². The van der Waals surface area contributed by atoms with Crippen LogP contribution in [0.4, 0.5) is 0 Å². The molecular formula is C19H29N3O2S. The first-order chi connectivity index (χ1) is 11.8. The molecule has 1 aromatic heterocycles. The predicted octanol–water partition coefficient (Wildman–Crippen LogP) is 4.15. The van der Waals surface area contributed by atoms with E-state index in [4.69, 9.17) is 0 Å². The van der Waals surface area contributed by atoms with E-state index < -0.39 is 10.0 Å². The van der Waals surface area contributed by atoms with E-state index in [-0.39, 0.29) is 10.9 Å². The van der Waals surface area contributed by atoms with Gasteiger partial charge in [0.15, 0.2) is 0 Å². The molecule has 0 radical (unpaired) electrons. The van der Waals surface area contributed by atoms with Crippen LogP contribution in [0.5, 0.6) is 0 Å². The molecular weight excluding hydrogens is 334 g/mol. The van der Waals surface area contributed by atoms with Gasteiger partial charge in [0.25, 0.3) is 0 Å². The quantitative estimate of drug-likeness (QED) is 0.766. The third-order valence-corrected chi connectivity index (χ3v) is 6.45. The molecule has 0 saturated carbocycles. The molecule has 6 heteroatoms. The molecule has 1 aromatic carbocycles. The van der Waals surface area contributed by atoms with Crippen molar-refractivity contribution in [1.29, 1.82) is 0 Å². The highest BCUT2D eigenvalue weighted by molar-refractivity contribution is 7.89. The van der Waals surface area contributed by atoms with Gasteiger partial charge < -0.3 is 0 Å². The van der Waals surface area contributed by atoms with Crippen LogP contribution in [0, 0.1) is 6.92 Å². The summed E-state index contributed by atoms with van der Waals surface area (Å²) in [4.78, 5) is 0.254. The van der Waals surface area contributed by atoms with Crippen LogP contribution in [-0.2, 0) is 16.6 Å². The van der Waals surface area contributed by atoms with Gasteiger partial charge in [-0.25, -0.2) is 13.1 Å². The molecule has 25 heavy (non-hydrogen) atoms. The van der Waals surface area contributed by atoms with Crippen molar-refractivity contribution in [3.63, 3.8) is 0 Å². The minimum atomic E-state index is -3.60.